The number of hydrogen-bond donors (Lipinski definition) is 0. The Morgan fingerprint density at radius 3 is 2.23 bits per heavy atom. The van der Waals surface area contributed by atoms with Gasteiger partial charge in [-0.25, -0.2) is 4.39 Å². The first-order valence-electron chi connectivity index (χ1n) is 10.7. The van der Waals surface area contributed by atoms with E-state index in [0.29, 0.717) is 17.6 Å². The third-order valence-electron chi connectivity index (χ3n) is 7.67. The van der Waals surface area contributed by atoms with Crippen LogP contribution in [0.2, 0.25) is 0 Å². The third kappa shape index (κ3) is 3.16. The van der Waals surface area contributed by atoms with Gasteiger partial charge in [-0.3, -0.25) is 0 Å². The molecule has 0 heterocycles. The van der Waals surface area contributed by atoms with Crippen molar-refractivity contribution >= 4 is 0 Å². The van der Waals surface area contributed by atoms with Gasteiger partial charge in [0.15, 0.2) is 11.6 Å². The van der Waals surface area contributed by atoms with Crippen LogP contribution in [0.3, 0.4) is 0 Å². The average Bonchev–Trinajstić information content (AvgIpc) is 2.58. The Morgan fingerprint density at radius 2 is 1.62 bits per heavy atom. The molecule has 1 aromatic rings. The van der Waals surface area contributed by atoms with Crippen molar-refractivity contribution in [2.45, 2.75) is 77.6 Å². The summed E-state index contributed by atoms with van der Waals surface area (Å²) in [7, 11) is 0. The Labute approximate surface area is 156 Å². The van der Waals surface area contributed by atoms with E-state index in [9.17, 15) is 8.78 Å². The van der Waals surface area contributed by atoms with Crippen molar-refractivity contribution < 1.29 is 13.5 Å². The smallest absolute Gasteiger partial charge is 0.200 e. The van der Waals surface area contributed by atoms with Crippen LogP contribution < -0.4 is 4.74 Å². The second-order valence-corrected chi connectivity index (χ2v) is 9.18. The Kier molecular flexibility index (Phi) is 5.00. The van der Waals surface area contributed by atoms with Crippen molar-refractivity contribution in [3.63, 3.8) is 0 Å². The van der Waals surface area contributed by atoms with Crippen molar-refractivity contribution in [1.29, 1.82) is 0 Å². The van der Waals surface area contributed by atoms with E-state index in [1.807, 2.05) is 0 Å². The lowest BCUT2D eigenvalue weighted by Crippen LogP contribution is -2.49. The SMILES string of the molecule is CCOc1ccc(C2CCC(C3CC4(CC(CC)C4)C3)CC2)c(F)c1F. The molecule has 26 heavy (non-hydrogen) atoms. The zero-order valence-electron chi connectivity index (χ0n) is 16.2. The average molecular weight is 363 g/mol. The van der Waals surface area contributed by atoms with Crippen molar-refractivity contribution in [3.05, 3.63) is 29.3 Å². The molecular weight excluding hydrogens is 330 g/mol. The van der Waals surface area contributed by atoms with Crippen LogP contribution in [0.5, 0.6) is 5.75 Å². The van der Waals surface area contributed by atoms with E-state index >= 15 is 0 Å². The van der Waals surface area contributed by atoms with Gasteiger partial charge in [0, 0.05) is 0 Å². The monoisotopic (exact) mass is 362 g/mol. The summed E-state index contributed by atoms with van der Waals surface area (Å²) >= 11 is 0. The summed E-state index contributed by atoms with van der Waals surface area (Å²) in [4.78, 5) is 0. The predicted octanol–water partition coefficient (Wildman–Crippen LogP) is 6.85. The molecule has 0 aromatic heterocycles. The number of ether oxygens (including phenoxy) is 1. The fraction of sp³-hybridized carbons (Fsp3) is 0.739. The molecular formula is C23H32F2O. The molecule has 3 aliphatic rings. The predicted molar refractivity (Wildman–Crippen MR) is 100 cm³/mol. The first kappa shape index (κ1) is 18.3. The maximum Gasteiger partial charge on any atom is 0.200 e. The number of benzene rings is 1. The first-order chi connectivity index (χ1) is 12.5. The normalized spacial score (nSPS) is 36.5. The highest BCUT2D eigenvalue weighted by Crippen LogP contribution is 2.64. The summed E-state index contributed by atoms with van der Waals surface area (Å²) < 4.78 is 33.8. The van der Waals surface area contributed by atoms with E-state index in [1.165, 1.54) is 44.9 Å². The van der Waals surface area contributed by atoms with E-state index in [0.717, 1.165) is 30.6 Å². The van der Waals surface area contributed by atoms with Gasteiger partial charge < -0.3 is 4.74 Å². The second kappa shape index (κ2) is 7.13. The van der Waals surface area contributed by atoms with Gasteiger partial charge in [-0.1, -0.05) is 19.4 Å². The molecule has 0 atom stereocenters. The molecule has 0 radical (unpaired) electrons. The maximum absolute atomic E-state index is 14.5. The molecule has 3 fully saturated rings. The molecule has 0 unspecified atom stereocenters. The number of rotatable bonds is 5. The Bertz CT molecular complexity index is 634. The van der Waals surface area contributed by atoms with Crippen LogP contribution in [0.15, 0.2) is 12.1 Å². The molecule has 3 aliphatic carbocycles. The lowest BCUT2D eigenvalue weighted by molar-refractivity contribution is -0.0932. The summed E-state index contributed by atoms with van der Waals surface area (Å²) in [5, 5.41) is 0. The molecule has 144 valence electrons. The molecule has 4 rings (SSSR count). The molecule has 1 aromatic carbocycles. The molecule has 1 nitrogen and oxygen atoms in total. The second-order valence-electron chi connectivity index (χ2n) is 9.18. The summed E-state index contributed by atoms with van der Waals surface area (Å²) in [6, 6.07) is 3.34. The summed E-state index contributed by atoms with van der Waals surface area (Å²) in [5.41, 5.74) is 1.27. The van der Waals surface area contributed by atoms with Crippen molar-refractivity contribution in [3.8, 4) is 5.75 Å². The lowest BCUT2D eigenvalue weighted by Gasteiger charge is -2.60. The number of hydrogen-bond acceptors (Lipinski definition) is 1. The zero-order chi connectivity index (χ0) is 18.3. The summed E-state index contributed by atoms with van der Waals surface area (Å²) in [5.74, 6) is 1.39. The fourth-order valence-corrected chi connectivity index (χ4v) is 6.20. The van der Waals surface area contributed by atoms with E-state index in [4.69, 9.17) is 4.74 Å². The van der Waals surface area contributed by atoms with Crippen LogP contribution in [0.25, 0.3) is 0 Å². The standard InChI is InChI=1S/C23H32F2O/c1-3-15-11-23(12-15)13-18(14-23)16-5-7-17(8-6-16)19-9-10-20(26-4-2)22(25)21(19)24/h9-10,15-18H,3-8,11-14H2,1-2H3. The topological polar surface area (TPSA) is 9.23 Å². The van der Waals surface area contributed by atoms with E-state index < -0.39 is 11.6 Å². The van der Waals surface area contributed by atoms with Crippen LogP contribution >= 0.6 is 0 Å². The van der Waals surface area contributed by atoms with Crippen molar-refractivity contribution in [2.75, 3.05) is 6.61 Å². The van der Waals surface area contributed by atoms with Gasteiger partial charge in [0.2, 0.25) is 5.82 Å². The van der Waals surface area contributed by atoms with Crippen LogP contribution in [-0.4, -0.2) is 6.61 Å². The van der Waals surface area contributed by atoms with Crippen LogP contribution in [0.4, 0.5) is 8.78 Å². The van der Waals surface area contributed by atoms with Gasteiger partial charge in [0.25, 0.3) is 0 Å². The highest BCUT2D eigenvalue weighted by atomic mass is 19.2. The number of halogens is 2. The molecule has 0 N–H and O–H groups in total. The molecule has 3 saturated carbocycles. The largest absolute Gasteiger partial charge is 0.491 e. The molecule has 0 aliphatic heterocycles. The van der Waals surface area contributed by atoms with E-state index in [2.05, 4.69) is 6.92 Å². The summed E-state index contributed by atoms with van der Waals surface area (Å²) in [6.45, 7) is 4.45. The molecule has 0 saturated heterocycles. The zero-order valence-corrected chi connectivity index (χ0v) is 16.2. The maximum atomic E-state index is 14.5. The fourth-order valence-electron chi connectivity index (χ4n) is 6.20. The Hall–Kier alpha value is -1.12. The molecule has 3 heteroatoms. The molecule has 0 amide bonds. The van der Waals surface area contributed by atoms with Crippen molar-refractivity contribution in [1.82, 2.24) is 0 Å². The van der Waals surface area contributed by atoms with E-state index in [1.54, 1.807) is 19.1 Å². The third-order valence-corrected chi connectivity index (χ3v) is 7.67. The highest BCUT2D eigenvalue weighted by Gasteiger charge is 2.53. The van der Waals surface area contributed by atoms with Gasteiger partial charge in [-0.05, 0) is 99.0 Å². The Morgan fingerprint density at radius 1 is 0.923 bits per heavy atom. The Balaban J connectivity index is 1.31. The van der Waals surface area contributed by atoms with E-state index in [-0.39, 0.29) is 11.7 Å². The first-order valence-corrected chi connectivity index (χ1v) is 10.7. The minimum Gasteiger partial charge on any atom is -0.491 e. The highest BCUT2D eigenvalue weighted by molar-refractivity contribution is 5.33. The van der Waals surface area contributed by atoms with Gasteiger partial charge >= 0.3 is 0 Å². The quantitative estimate of drug-likeness (QED) is 0.556. The molecule has 0 bridgehead atoms. The van der Waals surface area contributed by atoms with Crippen molar-refractivity contribution in [2.24, 2.45) is 23.2 Å². The lowest BCUT2D eigenvalue weighted by atomic mass is 9.45. The van der Waals surface area contributed by atoms with Crippen LogP contribution in [0.1, 0.15) is 83.1 Å². The molecule has 1 spiro atoms. The van der Waals surface area contributed by atoms with Crippen LogP contribution in [0, 0.1) is 34.8 Å². The van der Waals surface area contributed by atoms with Crippen LogP contribution in [-0.2, 0) is 0 Å². The van der Waals surface area contributed by atoms with Gasteiger partial charge in [-0.2, -0.15) is 4.39 Å². The summed E-state index contributed by atoms with van der Waals surface area (Å²) in [6.07, 6.45) is 11.5. The van der Waals surface area contributed by atoms with Gasteiger partial charge in [-0.15, -0.1) is 0 Å². The van der Waals surface area contributed by atoms with Gasteiger partial charge in [0.05, 0.1) is 6.61 Å². The minimum absolute atomic E-state index is 0.0353. The minimum atomic E-state index is -0.817. The van der Waals surface area contributed by atoms with Gasteiger partial charge in [0.1, 0.15) is 0 Å².